The molecular formula is C28H33ClN4O3. The number of aromatic nitrogens is 1. The summed E-state index contributed by atoms with van der Waals surface area (Å²) in [7, 11) is 2.10. The van der Waals surface area contributed by atoms with Crippen LogP contribution in [-0.2, 0) is 17.8 Å². The van der Waals surface area contributed by atoms with Gasteiger partial charge in [0.2, 0.25) is 5.43 Å². The van der Waals surface area contributed by atoms with E-state index >= 15 is 0 Å². The zero-order chi connectivity index (χ0) is 25.1. The lowest BCUT2D eigenvalue weighted by Gasteiger charge is -2.37. The van der Waals surface area contributed by atoms with Gasteiger partial charge in [-0.05, 0) is 68.4 Å². The number of carbonyl (C=O) groups excluding carboxylic acids is 1. The molecule has 36 heavy (non-hydrogen) atoms. The highest BCUT2D eigenvalue weighted by Gasteiger charge is 2.29. The van der Waals surface area contributed by atoms with Crippen LogP contribution in [0.5, 0.6) is 0 Å². The number of likely N-dealkylation sites (tertiary alicyclic amines) is 1. The van der Waals surface area contributed by atoms with E-state index in [9.17, 15) is 9.59 Å². The number of benzene rings is 2. The summed E-state index contributed by atoms with van der Waals surface area (Å²) >= 11 is 6.08. The smallest absolute Gasteiger partial charge is 0.259 e. The van der Waals surface area contributed by atoms with Crippen LogP contribution < -0.4 is 5.43 Å². The molecule has 0 bridgehead atoms. The third-order valence-corrected chi connectivity index (χ3v) is 7.59. The van der Waals surface area contributed by atoms with Crippen LogP contribution in [0.4, 0.5) is 0 Å². The predicted octanol–water partition coefficient (Wildman–Crippen LogP) is 3.75. The number of carbonyl (C=O) groups is 1. The molecule has 7 nitrogen and oxygen atoms in total. The highest BCUT2D eigenvalue weighted by molar-refractivity contribution is 6.30. The van der Waals surface area contributed by atoms with Crippen molar-refractivity contribution in [2.45, 2.75) is 32.0 Å². The first kappa shape index (κ1) is 25.0. The van der Waals surface area contributed by atoms with Gasteiger partial charge < -0.3 is 19.5 Å². The fraction of sp³-hybridized carbons (Fsp3) is 0.429. The molecule has 2 aliphatic heterocycles. The quantitative estimate of drug-likeness (QED) is 0.549. The molecule has 0 radical (unpaired) electrons. The molecule has 0 atom stereocenters. The second-order valence-electron chi connectivity index (χ2n) is 9.89. The maximum absolute atomic E-state index is 13.9. The van der Waals surface area contributed by atoms with E-state index in [4.69, 9.17) is 16.3 Å². The molecule has 3 heterocycles. The van der Waals surface area contributed by atoms with Gasteiger partial charge in [0.25, 0.3) is 5.91 Å². The average molecular weight is 509 g/mol. The van der Waals surface area contributed by atoms with Crippen molar-refractivity contribution in [3.63, 3.8) is 0 Å². The van der Waals surface area contributed by atoms with E-state index in [1.54, 1.807) is 6.20 Å². The van der Waals surface area contributed by atoms with Crippen molar-refractivity contribution in [2.75, 3.05) is 46.4 Å². The monoisotopic (exact) mass is 508 g/mol. The van der Waals surface area contributed by atoms with E-state index in [1.807, 2.05) is 47.4 Å². The molecule has 1 N–H and O–H groups in total. The van der Waals surface area contributed by atoms with Crippen LogP contribution >= 0.6 is 11.6 Å². The van der Waals surface area contributed by atoms with E-state index in [0.717, 1.165) is 75.4 Å². The Balaban J connectivity index is 1.45. The number of H-pyrrole nitrogens is 1. The fourth-order valence-electron chi connectivity index (χ4n) is 5.15. The standard InChI is InChI=1S/C28H33ClN4O3/c1-31-10-8-23(9-11-31)33(19-20-2-5-22(29)6-3-20)28(35)25-17-30-26-7-4-21(16-24(26)27(25)34)18-32-12-14-36-15-13-32/h2-7,16-17,23H,8-15,18-19H2,1H3,(H,30,34). The first-order valence-corrected chi connectivity index (χ1v) is 13.0. The maximum Gasteiger partial charge on any atom is 0.259 e. The average Bonchev–Trinajstić information content (AvgIpc) is 2.90. The lowest BCUT2D eigenvalue weighted by molar-refractivity contribution is 0.0342. The molecule has 5 rings (SSSR count). The van der Waals surface area contributed by atoms with Crippen molar-refractivity contribution >= 4 is 28.4 Å². The number of pyridine rings is 1. The largest absolute Gasteiger partial charge is 0.379 e. The highest BCUT2D eigenvalue weighted by Crippen LogP contribution is 2.22. The summed E-state index contributed by atoms with van der Waals surface area (Å²) in [6.45, 7) is 6.27. The first-order valence-electron chi connectivity index (χ1n) is 12.7. The molecule has 2 saturated heterocycles. The summed E-state index contributed by atoms with van der Waals surface area (Å²) in [4.78, 5) is 37.2. The van der Waals surface area contributed by atoms with E-state index in [2.05, 4.69) is 21.8 Å². The number of hydrogen-bond donors (Lipinski definition) is 1. The minimum Gasteiger partial charge on any atom is -0.379 e. The second-order valence-corrected chi connectivity index (χ2v) is 10.3. The highest BCUT2D eigenvalue weighted by atomic mass is 35.5. The van der Waals surface area contributed by atoms with Crippen molar-refractivity contribution in [1.82, 2.24) is 19.7 Å². The van der Waals surface area contributed by atoms with Gasteiger partial charge >= 0.3 is 0 Å². The Morgan fingerprint density at radius 2 is 1.75 bits per heavy atom. The van der Waals surface area contributed by atoms with Gasteiger partial charge in [-0.15, -0.1) is 0 Å². The number of fused-ring (bicyclic) bond motifs is 1. The molecule has 1 aromatic heterocycles. The molecule has 0 aliphatic carbocycles. The van der Waals surface area contributed by atoms with Gasteiger partial charge in [-0.2, -0.15) is 0 Å². The minimum absolute atomic E-state index is 0.0760. The van der Waals surface area contributed by atoms with Gasteiger partial charge in [-0.3, -0.25) is 14.5 Å². The summed E-state index contributed by atoms with van der Waals surface area (Å²) in [5.74, 6) is -0.221. The van der Waals surface area contributed by atoms with Crippen molar-refractivity contribution < 1.29 is 9.53 Å². The molecule has 2 aliphatic rings. The Hall–Kier alpha value is -2.71. The molecule has 1 amide bonds. The van der Waals surface area contributed by atoms with Crippen LogP contribution in [0.1, 0.15) is 34.3 Å². The van der Waals surface area contributed by atoms with Gasteiger partial charge in [0.1, 0.15) is 5.56 Å². The van der Waals surface area contributed by atoms with Crippen molar-refractivity contribution in [1.29, 1.82) is 0 Å². The van der Waals surface area contributed by atoms with Gasteiger partial charge in [0, 0.05) is 54.3 Å². The summed E-state index contributed by atoms with van der Waals surface area (Å²) in [6.07, 6.45) is 3.34. The number of rotatable bonds is 6. The van der Waals surface area contributed by atoms with Crippen LogP contribution in [0, 0.1) is 0 Å². The van der Waals surface area contributed by atoms with E-state index in [-0.39, 0.29) is 22.9 Å². The van der Waals surface area contributed by atoms with E-state index < -0.39 is 0 Å². The van der Waals surface area contributed by atoms with E-state index in [1.165, 1.54) is 0 Å². The number of nitrogens with one attached hydrogen (secondary N) is 1. The van der Waals surface area contributed by atoms with Crippen molar-refractivity contribution in [3.8, 4) is 0 Å². The molecule has 2 aromatic carbocycles. The van der Waals surface area contributed by atoms with Crippen molar-refractivity contribution in [3.05, 3.63) is 80.6 Å². The topological polar surface area (TPSA) is 68.9 Å². The molecule has 0 saturated carbocycles. The normalized spacial score (nSPS) is 17.9. The zero-order valence-electron chi connectivity index (χ0n) is 20.7. The Bertz CT molecular complexity index is 1260. The number of hydrogen-bond acceptors (Lipinski definition) is 5. The van der Waals surface area contributed by atoms with Gasteiger partial charge in [0.05, 0.1) is 13.2 Å². The van der Waals surface area contributed by atoms with Crippen LogP contribution in [0.2, 0.25) is 5.02 Å². The number of aromatic amines is 1. The van der Waals surface area contributed by atoms with Crippen LogP contribution in [0.25, 0.3) is 10.9 Å². The van der Waals surface area contributed by atoms with Crippen molar-refractivity contribution in [2.24, 2.45) is 0 Å². The molecule has 190 valence electrons. The Morgan fingerprint density at radius 1 is 1.06 bits per heavy atom. The van der Waals surface area contributed by atoms with Gasteiger partial charge in [-0.25, -0.2) is 0 Å². The Morgan fingerprint density at radius 3 is 2.47 bits per heavy atom. The summed E-state index contributed by atoms with van der Waals surface area (Å²) in [5, 5.41) is 1.22. The van der Waals surface area contributed by atoms with Gasteiger partial charge in [-0.1, -0.05) is 29.8 Å². The molecule has 2 fully saturated rings. The summed E-state index contributed by atoms with van der Waals surface area (Å²) < 4.78 is 5.45. The molecule has 0 spiro atoms. The molecule has 8 heteroatoms. The fourth-order valence-corrected chi connectivity index (χ4v) is 5.28. The number of amides is 1. The van der Waals surface area contributed by atoms with Crippen LogP contribution in [-0.4, -0.2) is 78.1 Å². The lowest BCUT2D eigenvalue weighted by Crippen LogP contribution is -2.47. The SMILES string of the molecule is CN1CCC(N(Cc2ccc(Cl)cc2)C(=O)c2c[nH]c3ccc(CN4CCOCC4)cc3c2=O)CC1. The first-order chi connectivity index (χ1) is 17.5. The summed E-state index contributed by atoms with van der Waals surface area (Å²) in [6, 6.07) is 13.6. The molecule has 3 aromatic rings. The van der Waals surface area contributed by atoms with Gasteiger partial charge in [0.15, 0.2) is 0 Å². The Kier molecular flexibility index (Phi) is 7.72. The predicted molar refractivity (Wildman–Crippen MR) is 143 cm³/mol. The maximum atomic E-state index is 13.9. The molecule has 0 unspecified atom stereocenters. The number of nitrogens with zero attached hydrogens (tertiary/aromatic N) is 3. The Labute approximate surface area is 216 Å². The second kappa shape index (κ2) is 11.1. The van der Waals surface area contributed by atoms with Crippen LogP contribution in [0.15, 0.2) is 53.5 Å². The lowest BCUT2D eigenvalue weighted by atomic mass is 10.0. The number of halogens is 1. The molecular weight excluding hydrogens is 476 g/mol. The number of ether oxygens (including phenoxy) is 1. The third-order valence-electron chi connectivity index (χ3n) is 7.34. The van der Waals surface area contributed by atoms with Crippen LogP contribution in [0.3, 0.4) is 0 Å². The van der Waals surface area contributed by atoms with E-state index in [0.29, 0.717) is 17.0 Å². The zero-order valence-corrected chi connectivity index (χ0v) is 21.5. The number of piperidine rings is 1. The summed E-state index contributed by atoms with van der Waals surface area (Å²) in [5.41, 5.74) is 2.78. The number of morpholine rings is 1. The third kappa shape index (κ3) is 5.65. The minimum atomic E-state index is -0.221.